The maximum atomic E-state index is 12.3. The van der Waals surface area contributed by atoms with Gasteiger partial charge in [-0.1, -0.05) is 60.7 Å². The Morgan fingerprint density at radius 2 is 1.65 bits per heavy atom. The summed E-state index contributed by atoms with van der Waals surface area (Å²) in [6.07, 6.45) is 1.78. The summed E-state index contributed by atoms with van der Waals surface area (Å²) in [5.41, 5.74) is 2.80. The van der Waals surface area contributed by atoms with Gasteiger partial charge in [-0.3, -0.25) is 9.69 Å². The number of amides is 1. The normalized spacial score (nSPS) is 14.5. The fraction of sp³-hybridized carbons (Fsp3) is 0.360. The van der Waals surface area contributed by atoms with E-state index in [-0.39, 0.29) is 5.91 Å². The van der Waals surface area contributed by atoms with Crippen molar-refractivity contribution in [1.82, 2.24) is 15.2 Å². The molecular weight excluding hydrogens is 390 g/mol. The van der Waals surface area contributed by atoms with Gasteiger partial charge in [0, 0.05) is 43.6 Å². The van der Waals surface area contributed by atoms with Crippen molar-refractivity contribution in [2.75, 3.05) is 39.4 Å². The van der Waals surface area contributed by atoms with Gasteiger partial charge in [0.1, 0.15) is 5.69 Å². The summed E-state index contributed by atoms with van der Waals surface area (Å²) < 4.78 is 11.5. The Balaban J connectivity index is 1.33. The molecule has 31 heavy (non-hydrogen) atoms. The Hall–Kier alpha value is -2.96. The summed E-state index contributed by atoms with van der Waals surface area (Å²) in [5.74, 6) is 1.36. The molecule has 0 unspecified atom stereocenters. The number of morpholine rings is 1. The van der Waals surface area contributed by atoms with E-state index in [1.165, 1.54) is 0 Å². The van der Waals surface area contributed by atoms with E-state index in [0.29, 0.717) is 25.3 Å². The minimum Gasteiger partial charge on any atom is -0.440 e. The molecule has 6 heteroatoms. The highest BCUT2D eigenvalue weighted by atomic mass is 16.5. The van der Waals surface area contributed by atoms with Gasteiger partial charge >= 0.3 is 0 Å². The van der Waals surface area contributed by atoms with E-state index in [2.05, 4.69) is 10.2 Å². The molecule has 1 aliphatic rings. The predicted molar refractivity (Wildman–Crippen MR) is 121 cm³/mol. The van der Waals surface area contributed by atoms with Crippen LogP contribution in [0.25, 0.3) is 22.6 Å². The Labute approximate surface area is 183 Å². The molecule has 1 aliphatic heterocycles. The van der Waals surface area contributed by atoms with Crippen LogP contribution >= 0.6 is 0 Å². The lowest BCUT2D eigenvalue weighted by atomic mass is 10.1. The molecule has 1 aromatic heterocycles. The van der Waals surface area contributed by atoms with Crippen LogP contribution in [0.2, 0.25) is 0 Å². The van der Waals surface area contributed by atoms with Crippen LogP contribution in [0.3, 0.4) is 0 Å². The average Bonchev–Trinajstić information content (AvgIpc) is 3.27. The lowest BCUT2D eigenvalue weighted by molar-refractivity contribution is -0.121. The highest BCUT2D eigenvalue weighted by molar-refractivity contribution is 5.77. The van der Waals surface area contributed by atoms with E-state index < -0.39 is 0 Å². The lowest BCUT2D eigenvalue weighted by Gasteiger charge is -2.26. The van der Waals surface area contributed by atoms with E-state index >= 15 is 0 Å². The van der Waals surface area contributed by atoms with Gasteiger partial charge in [-0.05, 0) is 13.0 Å². The first-order valence-electron chi connectivity index (χ1n) is 11.0. The molecule has 1 amide bonds. The molecule has 2 heterocycles. The number of hydrogen-bond acceptors (Lipinski definition) is 5. The van der Waals surface area contributed by atoms with Crippen molar-refractivity contribution in [2.24, 2.45) is 0 Å². The van der Waals surface area contributed by atoms with Gasteiger partial charge in [0.15, 0.2) is 11.7 Å². The topological polar surface area (TPSA) is 67.6 Å². The average molecular weight is 420 g/mol. The third-order valence-corrected chi connectivity index (χ3v) is 5.40. The maximum Gasteiger partial charge on any atom is 0.220 e. The molecule has 1 N–H and O–H groups in total. The van der Waals surface area contributed by atoms with Crippen molar-refractivity contribution in [3.05, 3.63) is 66.6 Å². The third-order valence-electron chi connectivity index (χ3n) is 5.40. The van der Waals surface area contributed by atoms with Crippen molar-refractivity contribution >= 4 is 5.91 Å². The molecule has 3 aromatic rings. The second kappa shape index (κ2) is 10.9. The van der Waals surface area contributed by atoms with Crippen LogP contribution in [0.15, 0.2) is 65.1 Å². The Kier molecular flexibility index (Phi) is 7.47. The molecule has 1 saturated heterocycles. The fourth-order valence-corrected chi connectivity index (χ4v) is 3.71. The van der Waals surface area contributed by atoms with Crippen molar-refractivity contribution < 1.29 is 13.9 Å². The van der Waals surface area contributed by atoms with Crippen LogP contribution in [0.5, 0.6) is 0 Å². The van der Waals surface area contributed by atoms with Crippen LogP contribution < -0.4 is 5.32 Å². The lowest BCUT2D eigenvalue weighted by Crippen LogP contribution is -2.38. The Morgan fingerprint density at radius 1 is 0.968 bits per heavy atom. The first kappa shape index (κ1) is 21.3. The van der Waals surface area contributed by atoms with Crippen LogP contribution in [-0.4, -0.2) is 55.2 Å². The zero-order valence-electron chi connectivity index (χ0n) is 17.8. The molecule has 1 fully saturated rings. The first-order chi connectivity index (χ1) is 15.3. The highest BCUT2D eigenvalue weighted by Gasteiger charge is 2.17. The van der Waals surface area contributed by atoms with Gasteiger partial charge in [-0.2, -0.15) is 0 Å². The smallest absolute Gasteiger partial charge is 0.220 e. The third kappa shape index (κ3) is 6.03. The molecule has 0 aliphatic carbocycles. The molecule has 0 atom stereocenters. The van der Waals surface area contributed by atoms with E-state index in [9.17, 15) is 4.79 Å². The number of aromatic nitrogens is 1. The molecule has 0 radical (unpaired) electrons. The number of carbonyl (C=O) groups is 1. The number of aryl methyl sites for hydroxylation is 1. The van der Waals surface area contributed by atoms with Gasteiger partial charge in [0.25, 0.3) is 0 Å². The highest BCUT2D eigenvalue weighted by Crippen LogP contribution is 2.32. The number of nitrogens with zero attached hydrogens (tertiary/aromatic N) is 2. The van der Waals surface area contributed by atoms with Gasteiger partial charge in [-0.15, -0.1) is 0 Å². The van der Waals surface area contributed by atoms with E-state index in [0.717, 1.165) is 61.8 Å². The van der Waals surface area contributed by atoms with Gasteiger partial charge in [0.05, 0.1) is 13.2 Å². The zero-order chi connectivity index (χ0) is 21.3. The Morgan fingerprint density at radius 3 is 2.35 bits per heavy atom. The largest absolute Gasteiger partial charge is 0.440 e. The summed E-state index contributed by atoms with van der Waals surface area (Å²) in [7, 11) is 0. The van der Waals surface area contributed by atoms with E-state index in [1.54, 1.807) is 0 Å². The summed E-state index contributed by atoms with van der Waals surface area (Å²) >= 11 is 0. The molecule has 0 spiro atoms. The number of benzene rings is 2. The van der Waals surface area contributed by atoms with Crippen LogP contribution in [0, 0.1) is 0 Å². The van der Waals surface area contributed by atoms with Crippen LogP contribution in [-0.2, 0) is 16.0 Å². The monoisotopic (exact) mass is 419 g/mol. The van der Waals surface area contributed by atoms with Crippen molar-refractivity contribution in [2.45, 2.75) is 19.3 Å². The number of nitrogens with one attached hydrogen (secondary N) is 1. The number of carbonyl (C=O) groups excluding carboxylic acids is 1. The van der Waals surface area contributed by atoms with Crippen LogP contribution in [0.1, 0.15) is 18.7 Å². The summed E-state index contributed by atoms with van der Waals surface area (Å²) in [5, 5.41) is 3.01. The number of hydrogen-bond donors (Lipinski definition) is 1. The van der Waals surface area contributed by atoms with Crippen LogP contribution in [0.4, 0.5) is 0 Å². The fourth-order valence-electron chi connectivity index (χ4n) is 3.71. The quantitative estimate of drug-likeness (QED) is 0.535. The molecule has 0 bridgehead atoms. The minimum atomic E-state index is 0.0303. The summed E-state index contributed by atoms with van der Waals surface area (Å²) in [6.45, 7) is 5.24. The standard InChI is InChI=1S/C25H29N3O3/c29-22(26-14-7-15-28-16-18-30-19-17-28)12-13-23-27-24(20-8-3-1-4-9-20)25(31-23)21-10-5-2-6-11-21/h1-6,8-11H,7,12-19H2,(H,26,29). The number of oxazole rings is 1. The van der Waals surface area contributed by atoms with Crippen molar-refractivity contribution in [3.8, 4) is 22.6 Å². The molecule has 6 nitrogen and oxygen atoms in total. The molecular formula is C25H29N3O3. The van der Waals surface area contributed by atoms with Crippen molar-refractivity contribution in [1.29, 1.82) is 0 Å². The summed E-state index contributed by atoms with van der Waals surface area (Å²) in [4.78, 5) is 19.4. The SMILES string of the molecule is O=C(CCc1nc(-c2ccccc2)c(-c2ccccc2)o1)NCCCN1CCOCC1. The maximum absolute atomic E-state index is 12.3. The van der Waals surface area contributed by atoms with Gasteiger partial charge in [0.2, 0.25) is 5.91 Å². The second-order valence-corrected chi connectivity index (χ2v) is 7.67. The van der Waals surface area contributed by atoms with Crippen molar-refractivity contribution in [3.63, 3.8) is 0 Å². The van der Waals surface area contributed by atoms with E-state index in [4.69, 9.17) is 14.1 Å². The van der Waals surface area contributed by atoms with E-state index in [1.807, 2.05) is 60.7 Å². The minimum absolute atomic E-state index is 0.0303. The number of ether oxygens (including phenoxy) is 1. The summed E-state index contributed by atoms with van der Waals surface area (Å²) in [6, 6.07) is 20.0. The molecule has 0 saturated carbocycles. The molecule has 4 rings (SSSR count). The number of rotatable bonds is 9. The zero-order valence-corrected chi connectivity index (χ0v) is 17.8. The van der Waals surface area contributed by atoms with Gasteiger partial charge in [-0.25, -0.2) is 4.98 Å². The predicted octanol–water partition coefficient (Wildman–Crippen LogP) is 3.78. The second-order valence-electron chi connectivity index (χ2n) is 7.67. The Bertz CT molecular complexity index is 894. The molecule has 2 aromatic carbocycles. The van der Waals surface area contributed by atoms with Gasteiger partial charge < -0.3 is 14.5 Å². The molecule has 162 valence electrons. The first-order valence-corrected chi connectivity index (χ1v) is 11.0.